The summed E-state index contributed by atoms with van der Waals surface area (Å²) in [5.41, 5.74) is 3.59. The Balaban J connectivity index is 1.48. The Labute approximate surface area is 159 Å². The van der Waals surface area contributed by atoms with E-state index in [-0.39, 0.29) is 6.09 Å². The average Bonchev–Trinajstić information content (AvgIpc) is 3.00. The number of fused-ring (bicyclic) bond motifs is 3. The van der Waals surface area contributed by atoms with Gasteiger partial charge in [0, 0.05) is 62.1 Å². The quantitative estimate of drug-likeness (QED) is 0.659. The van der Waals surface area contributed by atoms with Gasteiger partial charge in [-0.15, -0.1) is 0 Å². The summed E-state index contributed by atoms with van der Waals surface area (Å²) >= 11 is 0. The van der Waals surface area contributed by atoms with Crippen LogP contribution in [0.3, 0.4) is 0 Å². The Morgan fingerprint density at radius 1 is 1.11 bits per heavy atom. The van der Waals surface area contributed by atoms with Crippen LogP contribution in [0.2, 0.25) is 0 Å². The summed E-state index contributed by atoms with van der Waals surface area (Å²) < 4.78 is 7.55. The first-order chi connectivity index (χ1) is 13.2. The van der Waals surface area contributed by atoms with Crippen molar-refractivity contribution in [3.63, 3.8) is 0 Å². The van der Waals surface area contributed by atoms with Crippen LogP contribution in [0.25, 0.3) is 21.8 Å². The third-order valence-corrected chi connectivity index (χ3v) is 5.42. The molecule has 3 aromatic rings. The lowest BCUT2D eigenvalue weighted by Crippen LogP contribution is -2.49. The van der Waals surface area contributed by atoms with Gasteiger partial charge in [-0.3, -0.25) is 4.98 Å². The van der Waals surface area contributed by atoms with E-state index in [1.54, 1.807) is 0 Å². The number of carbonyl (C=O) groups excluding carboxylic acids is 1. The van der Waals surface area contributed by atoms with Crippen molar-refractivity contribution in [2.45, 2.75) is 19.8 Å². The molecule has 1 amide bonds. The Bertz CT molecular complexity index is 957. The van der Waals surface area contributed by atoms with Crippen molar-refractivity contribution >= 4 is 33.6 Å². The zero-order valence-corrected chi connectivity index (χ0v) is 16.0. The van der Waals surface area contributed by atoms with E-state index in [1.807, 2.05) is 17.3 Å². The summed E-state index contributed by atoms with van der Waals surface area (Å²) in [4.78, 5) is 20.5. The number of pyridine rings is 1. The van der Waals surface area contributed by atoms with Crippen molar-refractivity contribution in [2.75, 3.05) is 37.7 Å². The van der Waals surface area contributed by atoms with E-state index in [4.69, 9.17) is 4.74 Å². The van der Waals surface area contributed by atoms with Gasteiger partial charge in [0.1, 0.15) is 0 Å². The van der Waals surface area contributed by atoms with Crippen molar-refractivity contribution in [3.8, 4) is 0 Å². The fourth-order valence-electron chi connectivity index (χ4n) is 3.78. The second-order valence-corrected chi connectivity index (χ2v) is 7.10. The van der Waals surface area contributed by atoms with E-state index >= 15 is 0 Å². The normalized spacial score (nSPS) is 14.9. The standard InChI is InChI=1S/C21H26N4O2/c1-3-4-13-27-21(26)25-11-9-24(10-12-25)16-5-6-17-18-15-22-8-7-19(18)23(2)20(17)14-16/h5-8,14-15H,3-4,9-13H2,1-2H3. The molecule has 1 aliphatic heterocycles. The summed E-state index contributed by atoms with van der Waals surface area (Å²) in [6.45, 7) is 5.64. The maximum absolute atomic E-state index is 12.1. The molecule has 1 aromatic carbocycles. The molecule has 6 heteroatoms. The molecule has 1 fully saturated rings. The Morgan fingerprint density at radius 2 is 1.93 bits per heavy atom. The zero-order valence-electron chi connectivity index (χ0n) is 16.0. The number of unbranched alkanes of at least 4 members (excludes halogenated alkanes) is 1. The molecule has 0 saturated carbocycles. The number of amides is 1. The van der Waals surface area contributed by atoms with Gasteiger partial charge in [-0.2, -0.15) is 0 Å². The van der Waals surface area contributed by atoms with E-state index < -0.39 is 0 Å². The van der Waals surface area contributed by atoms with Crippen molar-refractivity contribution in [2.24, 2.45) is 7.05 Å². The molecule has 0 spiro atoms. The Morgan fingerprint density at radius 3 is 2.70 bits per heavy atom. The molecule has 0 aliphatic carbocycles. The minimum absolute atomic E-state index is 0.181. The summed E-state index contributed by atoms with van der Waals surface area (Å²) in [6, 6.07) is 8.65. The number of hydrogen-bond acceptors (Lipinski definition) is 4. The molecule has 3 heterocycles. The highest BCUT2D eigenvalue weighted by atomic mass is 16.6. The van der Waals surface area contributed by atoms with Crippen LogP contribution in [0.5, 0.6) is 0 Å². The molecule has 0 radical (unpaired) electrons. The summed E-state index contributed by atoms with van der Waals surface area (Å²) in [5.74, 6) is 0. The number of aromatic nitrogens is 2. The van der Waals surface area contributed by atoms with Crippen molar-refractivity contribution in [1.82, 2.24) is 14.5 Å². The molecule has 142 valence electrons. The second-order valence-electron chi connectivity index (χ2n) is 7.10. The molecule has 1 aliphatic rings. The number of carbonyl (C=O) groups is 1. The Hall–Kier alpha value is -2.76. The molecule has 27 heavy (non-hydrogen) atoms. The monoisotopic (exact) mass is 366 g/mol. The predicted octanol–water partition coefficient (Wildman–Crippen LogP) is 3.79. The maximum atomic E-state index is 12.1. The van der Waals surface area contributed by atoms with Crippen LogP contribution in [0.1, 0.15) is 19.8 Å². The number of benzene rings is 1. The summed E-state index contributed by atoms with van der Waals surface area (Å²) in [5, 5.41) is 2.41. The van der Waals surface area contributed by atoms with Crippen LogP contribution in [-0.2, 0) is 11.8 Å². The minimum Gasteiger partial charge on any atom is -0.449 e. The maximum Gasteiger partial charge on any atom is 0.409 e. The number of ether oxygens (including phenoxy) is 1. The molecular formula is C21H26N4O2. The van der Waals surface area contributed by atoms with Crippen LogP contribution in [-0.4, -0.2) is 53.3 Å². The number of aryl methyl sites for hydroxylation is 1. The lowest BCUT2D eigenvalue weighted by atomic mass is 10.1. The SMILES string of the molecule is CCCCOC(=O)N1CCN(c2ccc3c4cnccc4n(C)c3c2)CC1. The van der Waals surface area contributed by atoms with E-state index in [9.17, 15) is 4.79 Å². The smallest absolute Gasteiger partial charge is 0.409 e. The highest BCUT2D eigenvalue weighted by Gasteiger charge is 2.22. The van der Waals surface area contributed by atoms with Crippen LogP contribution in [0.4, 0.5) is 10.5 Å². The third kappa shape index (κ3) is 3.31. The van der Waals surface area contributed by atoms with Crippen molar-refractivity contribution < 1.29 is 9.53 Å². The summed E-state index contributed by atoms with van der Waals surface area (Å²) in [7, 11) is 2.10. The fourth-order valence-corrected chi connectivity index (χ4v) is 3.78. The zero-order chi connectivity index (χ0) is 18.8. The van der Waals surface area contributed by atoms with Gasteiger partial charge in [0.25, 0.3) is 0 Å². The topological polar surface area (TPSA) is 50.6 Å². The van der Waals surface area contributed by atoms with E-state index in [0.29, 0.717) is 19.7 Å². The lowest BCUT2D eigenvalue weighted by Gasteiger charge is -2.35. The van der Waals surface area contributed by atoms with E-state index in [0.717, 1.165) is 25.9 Å². The fraction of sp³-hybridized carbons (Fsp3) is 0.429. The van der Waals surface area contributed by atoms with Gasteiger partial charge in [0.05, 0.1) is 17.6 Å². The predicted molar refractivity (Wildman–Crippen MR) is 108 cm³/mol. The highest BCUT2D eigenvalue weighted by molar-refractivity contribution is 6.08. The van der Waals surface area contributed by atoms with Gasteiger partial charge in [0.2, 0.25) is 0 Å². The van der Waals surface area contributed by atoms with Crippen molar-refractivity contribution in [1.29, 1.82) is 0 Å². The number of hydrogen-bond donors (Lipinski definition) is 0. The lowest BCUT2D eigenvalue weighted by molar-refractivity contribution is 0.0989. The third-order valence-electron chi connectivity index (χ3n) is 5.42. The first-order valence-corrected chi connectivity index (χ1v) is 9.68. The first kappa shape index (κ1) is 17.6. The van der Waals surface area contributed by atoms with Crippen LogP contribution < -0.4 is 4.90 Å². The molecule has 6 nitrogen and oxygen atoms in total. The number of piperazine rings is 1. The first-order valence-electron chi connectivity index (χ1n) is 9.68. The van der Waals surface area contributed by atoms with Gasteiger partial charge in [0.15, 0.2) is 0 Å². The van der Waals surface area contributed by atoms with Crippen LogP contribution in [0, 0.1) is 0 Å². The van der Waals surface area contributed by atoms with E-state index in [1.165, 1.54) is 27.5 Å². The average molecular weight is 366 g/mol. The molecular weight excluding hydrogens is 340 g/mol. The molecule has 0 atom stereocenters. The van der Waals surface area contributed by atoms with Gasteiger partial charge < -0.3 is 19.1 Å². The number of nitrogens with zero attached hydrogens (tertiary/aromatic N) is 4. The highest BCUT2D eigenvalue weighted by Crippen LogP contribution is 2.30. The molecule has 4 rings (SSSR count). The molecule has 1 saturated heterocycles. The van der Waals surface area contributed by atoms with Crippen LogP contribution >= 0.6 is 0 Å². The molecule has 0 unspecified atom stereocenters. The van der Waals surface area contributed by atoms with Gasteiger partial charge in [-0.05, 0) is 24.6 Å². The molecule has 0 N–H and O–H groups in total. The van der Waals surface area contributed by atoms with Gasteiger partial charge >= 0.3 is 6.09 Å². The van der Waals surface area contributed by atoms with Crippen molar-refractivity contribution in [3.05, 3.63) is 36.7 Å². The van der Waals surface area contributed by atoms with E-state index in [2.05, 4.69) is 52.7 Å². The summed E-state index contributed by atoms with van der Waals surface area (Å²) in [6.07, 6.45) is 5.54. The van der Waals surface area contributed by atoms with Crippen LogP contribution in [0.15, 0.2) is 36.7 Å². The number of anilines is 1. The molecule has 2 aromatic heterocycles. The van der Waals surface area contributed by atoms with Gasteiger partial charge in [-0.25, -0.2) is 4.79 Å². The largest absolute Gasteiger partial charge is 0.449 e. The second kappa shape index (κ2) is 7.47. The number of rotatable bonds is 4. The minimum atomic E-state index is -0.181. The molecule has 0 bridgehead atoms. The Kier molecular flexibility index (Phi) is 4.88. The van der Waals surface area contributed by atoms with Gasteiger partial charge in [-0.1, -0.05) is 19.4 Å².